The molecule has 1 N–H and O–H groups in total. The zero-order chi connectivity index (χ0) is 12.1. The third kappa shape index (κ3) is 2.67. The number of halogens is 1. The summed E-state index contributed by atoms with van der Waals surface area (Å²) < 4.78 is 13.0. The monoisotopic (exact) mass is 218 g/mol. The standard InChI is InChI=1S/C12H11FN2O/c1-8-5-9(3-4-11(8)13)6-10(7-14)12(16)15-2/h3-6H,1-2H3,(H,15,16). The number of nitrogens with one attached hydrogen (secondary N) is 1. The topological polar surface area (TPSA) is 52.9 Å². The van der Waals surface area contributed by atoms with Crippen LogP contribution in [0.3, 0.4) is 0 Å². The summed E-state index contributed by atoms with van der Waals surface area (Å²) in [4.78, 5) is 11.2. The number of likely N-dealkylation sites (N-methyl/N-ethyl adjacent to an activating group) is 1. The Morgan fingerprint density at radius 2 is 2.25 bits per heavy atom. The second-order valence-corrected chi connectivity index (χ2v) is 3.26. The van der Waals surface area contributed by atoms with Gasteiger partial charge in [0.15, 0.2) is 0 Å². The molecule has 0 fully saturated rings. The van der Waals surface area contributed by atoms with Gasteiger partial charge in [0.2, 0.25) is 0 Å². The number of benzene rings is 1. The first-order valence-corrected chi connectivity index (χ1v) is 4.68. The second-order valence-electron chi connectivity index (χ2n) is 3.26. The van der Waals surface area contributed by atoms with Crippen LogP contribution in [0.25, 0.3) is 6.08 Å². The van der Waals surface area contributed by atoms with Crippen molar-refractivity contribution < 1.29 is 9.18 Å². The maximum Gasteiger partial charge on any atom is 0.261 e. The molecule has 0 radical (unpaired) electrons. The largest absolute Gasteiger partial charge is 0.354 e. The Hall–Kier alpha value is -2.15. The van der Waals surface area contributed by atoms with Crippen LogP contribution in [0.4, 0.5) is 4.39 Å². The molecule has 1 aromatic rings. The molecule has 0 aliphatic heterocycles. The van der Waals surface area contributed by atoms with Crippen molar-refractivity contribution in [3.63, 3.8) is 0 Å². The van der Waals surface area contributed by atoms with Gasteiger partial charge in [-0.05, 0) is 36.3 Å². The van der Waals surface area contributed by atoms with Crippen LogP contribution in [0.5, 0.6) is 0 Å². The lowest BCUT2D eigenvalue weighted by atomic mass is 10.1. The SMILES string of the molecule is CNC(=O)C(C#N)=Cc1ccc(F)c(C)c1. The molecule has 3 nitrogen and oxygen atoms in total. The molecule has 0 saturated heterocycles. The van der Waals surface area contributed by atoms with Gasteiger partial charge in [-0.2, -0.15) is 5.26 Å². The molecule has 1 aromatic carbocycles. The highest BCUT2D eigenvalue weighted by molar-refractivity contribution is 6.01. The first kappa shape index (κ1) is 11.9. The van der Waals surface area contributed by atoms with Crippen molar-refractivity contribution in [3.05, 3.63) is 40.7 Å². The summed E-state index contributed by atoms with van der Waals surface area (Å²) in [6, 6.07) is 6.19. The highest BCUT2D eigenvalue weighted by atomic mass is 19.1. The van der Waals surface area contributed by atoms with E-state index in [0.29, 0.717) is 11.1 Å². The summed E-state index contributed by atoms with van der Waals surface area (Å²) in [5.74, 6) is -0.764. The van der Waals surface area contributed by atoms with Gasteiger partial charge in [-0.1, -0.05) is 6.07 Å². The van der Waals surface area contributed by atoms with E-state index in [1.807, 2.05) is 0 Å². The first-order valence-electron chi connectivity index (χ1n) is 4.68. The van der Waals surface area contributed by atoms with Crippen LogP contribution >= 0.6 is 0 Å². The summed E-state index contributed by atoms with van der Waals surface area (Å²) in [5, 5.41) is 11.1. The maximum atomic E-state index is 13.0. The van der Waals surface area contributed by atoms with Gasteiger partial charge in [0.25, 0.3) is 5.91 Å². The summed E-state index contributed by atoms with van der Waals surface area (Å²) in [7, 11) is 1.45. The predicted molar refractivity (Wildman–Crippen MR) is 58.8 cm³/mol. The van der Waals surface area contributed by atoms with E-state index in [2.05, 4.69) is 5.32 Å². The Bertz CT molecular complexity index is 486. The van der Waals surface area contributed by atoms with E-state index in [1.54, 1.807) is 19.1 Å². The Kier molecular flexibility index (Phi) is 3.78. The molecule has 0 aliphatic rings. The van der Waals surface area contributed by atoms with Crippen LogP contribution in [-0.2, 0) is 4.79 Å². The van der Waals surface area contributed by atoms with Crippen molar-refractivity contribution in [2.75, 3.05) is 7.05 Å². The normalized spacial score (nSPS) is 10.8. The average Bonchev–Trinajstić information content (AvgIpc) is 2.29. The summed E-state index contributed by atoms with van der Waals surface area (Å²) in [5.41, 5.74) is 1.09. The lowest BCUT2D eigenvalue weighted by Gasteiger charge is -2.00. The highest BCUT2D eigenvalue weighted by Gasteiger charge is 2.06. The van der Waals surface area contributed by atoms with Gasteiger partial charge in [-0.25, -0.2) is 4.39 Å². The molecular formula is C12H11FN2O. The van der Waals surface area contributed by atoms with Gasteiger partial charge >= 0.3 is 0 Å². The Labute approximate surface area is 93.2 Å². The Balaban J connectivity index is 3.10. The summed E-state index contributed by atoms with van der Waals surface area (Å²) in [6.07, 6.45) is 1.42. The third-order valence-corrected chi connectivity index (χ3v) is 2.09. The summed E-state index contributed by atoms with van der Waals surface area (Å²) >= 11 is 0. The smallest absolute Gasteiger partial charge is 0.261 e. The molecular weight excluding hydrogens is 207 g/mol. The van der Waals surface area contributed by atoms with Crippen molar-refractivity contribution in [1.29, 1.82) is 5.26 Å². The Morgan fingerprint density at radius 1 is 1.56 bits per heavy atom. The fourth-order valence-electron chi connectivity index (χ4n) is 1.21. The molecule has 1 amide bonds. The van der Waals surface area contributed by atoms with Crippen LogP contribution in [0.2, 0.25) is 0 Å². The fraction of sp³-hybridized carbons (Fsp3) is 0.167. The van der Waals surface area contributed by atoms with Crippen molar-refractivity contribution in [1.82, 2.24) is 5.32 Å². The minimum absolute atomic E-state index is 0.00601. The zero-order valence-corrected chi connectivity index (χ0v) is 9.04. The minimum Gasteiger partial charge on any atom is -0.354 e. The van der Waals surface area contributed by atoms with E-state index in [4.69, 9.17) is 5.26 Å². The predicted octanol–water partition coefficient (Wildman–Crippen LogP) is 1.79. The third-order valence-electron chi connectivity index (χ3n) is 2.09. The average molecular weight is 218 g/mol. The lowest BCUT2D eigenvalue weighted by Crippen LogP contribution is -2.19. The molecule has 0 aliphatic carbocycles. The van der Waals surface area contributed by atoms with Crippen LogP contribution in [0, 0.1) is 24.1 Å². The van der Waals surface area contributed by atoms with E-state index in [9.17, 15) is 9.18 Å². The maximum absolute atomic E-state index is 13.0. The van der Waals surface area contributed by atoms with E-state index in [-0.39, 0.29) is 11.4 Å². The number of nitrogens with zero attached hydrogens (tertiary/aromatic N) is 1. The Morgan fingerprint density at radius 3 is 2.75 bits per heavy atom. The number of rotatable bonds is 2. The molecule has 0 heterocycles. The number of amides is 1. The quantitative estimate of drug-likeness (QED) is 0.607. The molecule has 1 rings (SSSR count). The van der Waals surface area contributed by atoms with Gasteiger partial charge in [0.1, 0.15) is 17.5 Å². The number of carbonyl (C=O) groups excluding carboxylic acids is 1. The van der Waals surface area contributed by atoms with Gasteiger partial charge in [-0.15, -0.1) is 0 Å². The lowest BCUT2D eigenvalue weighted by molar-refractivity contribution is -0.116. The van der Waals surface area contributed by atoms with E-state index >= 15 is 0 Å². The number of aryl methyl sites for hydroxylation is 1. The van der Waals surface area contributed by atoms with Crippen molar-refractivity contribution in [2.45, 2.75) is 6.92 Å². The second kappa shape index (κ2) is 5.08. The zero-order valence-electron chi connectivity index (χ0n) is 9.04. The number of carbonyl (C=O) groups is 1. The van der Waals surface area contributed by atoms with Gasteiger partial charge in [-0.3, -0.25) is 4.79 Å². The number of nitriles is 1. The van der Waals surface area contributed by atoms with Gasteiger partial charge < -0.3 is 5.32 Å². The van der Waals surface area contributed by atoms with Crippen molar-refractivity contribution >= 4 is 12.0 Å². The number of hydrogen-bond acceptors (Lipinski definition) is 2. The first-order chi connectivity index (χ1) is 7.58. The molecule has 4 heteroatoms. The van der Waals surface area contributed by atoms with Gasteiger partial charge in [0.05, 0.1) is 0 Å². The molecule has 0 spiro atoms. The molecule has 0 aromatic heterocycles. The molecule has 82 valence electrons. The van der Waals surface area contributed by atoms with E-state index in [1.165, 1.54) is 25.3 Å². The molecule has 16 heavy (non-hydrogen) atoms. The summed E-state index contributed by atoms with van der Waals surface area (Å²) in [6.45, 7) is 1.62. The number of hydrogen-bond donors (Lipinski definition) is 1. The van der Waals surface area contributed by atoms with Gasteiger partial charge in [0, 0.05) is 7.05 Å². The van der Waals surface area contributed by atoms with Crippen molar-refractivity contribution in [2.24, 2.45) is 0 Å². The minimum atomic E-state index is -0.454. The van der Waals surface area contributed by atoms with E-state index in [0.717, 1.165) is 0 Å². The van der Waals surface area contributed by atoms with Crippen LogP contribution in [-0.4, -0.2) is 13.0 Å². The van der Waals surface area contributed by atoms with E-state index < -0.39 is 5.91 Å². The van der Waals surface area contributed by atoms with Crippen LogP contribution in [0.1, 0.15) is 11.1 Å². The molecule has 0 bridgehead atoms. The molecule has 0 atom stereocenters. The fourth-order valence-corrected chi connectivity index (χ4v) is 1.21. The molecule has 0 unspecified atom stereocenters. The molecule has 0 saturated carbocycles. The van der Waals surface area contributed by atoms with Crippen molar-refractivity contribution in [3.8, 4) is 6.07 Å². The highest BCUT2D eigenvalue weighted by Crippen LogP contribution is 2.12. The van der Waals surface area contributed by atoms with Crippen LogP contribution in [0.15, 0.2) is 23.8 Å². The van der Waals surface area contributed by atoms with Crippen LogP contribution < -0.4 is 5.32 Å².